The lowest BCUT2D eigenvalue weighted by Crippen LogP contribution is -2.49. The van der Waals surface area contributed by atoms with Crippen molar-refractivity contribution in [3.63, 3.8) is 0 Å². The molecule has 0 aromatic heterocycles. The highest BCUT2D eigenvalue weighted by Gasteiger charge is 2.31. The van der Waals surface area contributed by atoms with Gasteiger partial charge in [0.2, 0.25) is 0 Å². The molecule has 2 nitrogen and oxygen atoms in total. The normalized spacial score (nSPS) is 30.6. The summed E-state index contributed by atoms with van der Waals surface area (Å²) in [5.74, 6) is 0.931. The number of likely N-dealkylation sites (tertiary alicyclic amines) is 1. The molecule has 0 amide bonds. The van der Waals surface area contributed by atoms with E-state index in [1.807, 2.05) is 0 Å². The van der Waals surface area contributed by atoms with E-state index in [1.54, 1.807) is 0 Å². The van der Waals surface area contributed by atoms with Crippen molar-refractivity contribution < 1.29 is 0 Å². The van der Waals surface area contributed by atoms with E-state index in [1.165, 1.54) is 51.9 Å². The first-order valence-electron chi connectivity index (χ1n) is 7.02. The van der Waals surface area contributed by atoms with Gasteiger partial charge in [0, 0.05) is 12.6 Å². The Bertz CT molecular complexity index is 205. The van der Waals surface area contributed by atoms with Crippen molar-refractivity contribution in [3.05, 3.63) is 0 Å². The van der Waals surface area contributed by atoms with Gasteiger partial charge in [-0.15, -0.1) is 0 Å². The summed E-state index contributed by atoms with van der Waals surface area (Å²) in [4.78, 5) is 2.73. The van der Waals surface area contributed by atoms with Crippen LogP contribution in [0.5, 0.6) is 0 Å². The van der Waals surface area contributed by atoms with Crippen molar-refractivity contribution in [1.82, 2.24) is 10.2 Å². The Morgan fingerprint density at radius 2 is 1.75 bits per heavy atom. The second-order valence-corrected chi connectivity index (χ2v) is 6.68. The van der Waals surface area contributed by atoms with Gasteiger partial charge in [-0.25, -0.2) is 0 Å². The molecule has 2 heterocycles. The fourth-order valence-electron chi connectivity index (χ4n) is 3.28. The molecule has 0 aliphatic carbocycles. The lowest BCUT2D eigenvalue weighted by molar-refractivity contribution is 0.0732. The van der Waals surface area contributed by atoms with Crippen LogP contribution < -0.4 is 5.32 Å². The third kappa shape index (κ3) is 2.98. The number of piperidine rings is 2. The van der Waals surface area contributed by atoms with Crippen molar-refractivity contribution in [2.75, 3.05) is 26.2 Å². The molecule has 2 fully saturated rings. The largest absolute Gasteiger partial charge is 0.315 e. The predicted molar refractivity (Wildman–Crippen MR) is 69.6 cm³/mol. The lowest BCUT2D eigenvalue weighted by Gasteiger charge is -2.43. The van der Waals surface area contributed by atoms with Gasteiger partial charge in [-0.1, -0.05) is 20.8 Å². The molecule has 2 aliphatic heterocycles. The molecule has 2 aliphatic rings. The Labute approximate surface area is 101 Å². The Kier molecular flexibility index (Phi) is 3.91. The zero-order valence-corrected chi connectivity index (χ0v) is 11.3. The first-order valence-corrected chi connectivity index (χ1v) is 7.02. The van der Waals surface area contributed by atoms with Crippen molar-refractivity contribution in [2.24, 2.45) is 11.3 Å². The van der Waals surface area contributed by atoms with Gasteiger partial charge in [0.1, 0.15) is 0 Å². The zero-order valence-electron chi connectivity index (χ0n) is 11.3. The minimum atomic E-state index is 0.511. The molecule has 1 unspecified atom stereocenters. The first kappa shape index (κ1) is 12.4. The summed E-state index contributed by atoms with van der Waals surface area (Å²) in [5.41, 5.74) is 0.511. The SMILES string of the molecule is CC(C)(C)C1CCN(C2CCCNC2)CC1. The van der Waals surface area contributed by atoms with Crippen LogP contribution in [-0.4, -0.2) is 37.1 Å². The van der Waals surface area contributed by atoms with E-state index in [2.05, 4.69) is 31.0 Å². The minimum Gasteiger partial charge on any atom is -0.315 e. The standard InChI is InChI=1S/C14H28N2/c1-14(2,3)12-6-9-16(10-7-12)13-5-4-8-15-11-13/h12-13,15H,4-11H2,1-3H3. The van der Waals surface area contributed by atoms with Crippen LogP contribution >= 0.6 is 0 Å². The van der Waals surface area contributed by atoms with E-state index in [9.17, 15) is 0 Å². The molecule has 0 spiro atoms. The number of hydrogen-bond acceptors (Lipinski definition) is 2. The smallest absolute Gasteiger partial charge is 0.0221 e. The summed E-state index contributed by atoms with van der Waals surface area (Å²) in [6, 6.07) is 0.828. The lowest BCUT2D eigenvalue weighted by atomic mass is 9.75. The summed E-state index contributed by atoms with van der Waals surface area (Å²) in [6.45, 7) is 12.3. The molecule has 2 saturated heterocycles. The molecule has 0 aromatic rings. The van der Waals surface area contributed by atoms with E-state index in [0.717, 1.165) is 12.0 Å². The number of nitrogens with zero attached hydrogens (tertiary/aromatic N) is 1. The maximum atomic E-state index is 3.53. The molecule has 0 saturated carbocycles. The van der Waals surface area contributed by atoms with Crippen LogP contribution in [0.4, 0.5) is 0 Å². The van der Waals surface area contributed by atoms with E-state index in [4.69, 9.17) is 0 Å². The minimum absolute atomic E-state index is 0.511. The third-order valence-electron chi connectivity index (χ3n) is 4.54. The molecular formula is C14H28N2. The van der Waals surface area contributed by atoms with Gasteiger partial charge in [0.15, 0.2) is 0 Å². The van der Waals surface area contributed by atoms with Gasteiger partial charge in [-0.05, 0) is 56.7 Å². The maximum absolute atomic E-state index is 3.53. The van der Waals surface area contributed by atoms with Crippen LogP contribution in [0.1, 0.15) is 46.5 Å². The van der Waals surface area contributed by atoms with Crippen molar-refractivity contribution in [1.29, 1.82) is 0 Å². The van der Waals surface area contributed by atoms with Crippen molar-refractivity contribution in [3.8, 4) is 0 Å². The maximum Gasteiger partial charge on any atom is 0.0221 e. The topological polar surface area (TPSA) is 15.3 Å². The third-order valence-corrected chi connectivity index (χ3v) is 4.54. The Morgan fingerprint density at radius 3 is 2.25 bits per heavy atom. The summed E-state index contributed by atoms with van der Waals surface area (Å²) < 4.78 is 0. The molecule has 16 heavy (non-hydrogen) atoms. The number of hydrogen-bond donors (Lipinski definition) is 1. The van der Waals surface area contributed by atoms with Gasteiger partial charge in [0.05, 0.1) is 0 Å². The van der Waals surface area contributed by atoms with Crippen LogP contribution in [0, 0.1) is 11.3 Å². The van der Waals surface area contributed by atoms with Crippen LogP contribution in [0.2, 0.25) is 0 Å². The summed E-state index contributed by atoms with van der Waals surface area (Å²) >= 11 is 0. The zero-order chi connectivity index (χ0) is 11.6. The van der Waals surface area contributed by atoms with Crippen LogP contribution in [-0.2, 0) is 0 Å². The summed E-state index contributed by atoms with van der Waals surface area (Å²) in [7, 11) is 0. The quantitative estimate of drug-likeness (QED) is 0.736. The molecule has 0 aromatic carbocycles. The Morgan fingerprint density at radius 1 is 1.06 bits per heavy atom. The summed E-state index contributed by atoms with van der Waals surface area (Å²) in [6.07, 6.45) is 5.58. The fourth-order valence-corrected chi connectivity index (χ4v) is 3.28. The van der Waals surface area contributed by atoms with Crippen LogP contribution in [0.25, 0.3) is 0 Å². The van der Waals surface area contributed by atoms with Gasteiger partial charge in [-0.2, -0.15) is 0 Å². The highest BCUT2D eigenvalue weighted by atomic mass is 15.2. The molecule has 0 bridgehead atoms. The van der Waals surface area contributed by atoms with Gasteiger partial charge < -0.3 is 5.32 Å². The number of rotatable bonds is 1. The molecular weight excluding hydrogens is 196 g/mol. The van der Waals surface area contributed by atoms with E-state index < -0.39 is 0 Å². The average Bonchev–Trinajstić information content (AvgIpc) is 2.29. The first-order chi connectivity index (χ1) is 7.57. The Hall–Kier alpha value is -0.0800. The number of nitrogens with one attached hydrogen (secondary N) is 1. The van der Waals surface area contributed by atoms with E-state index >= 15 is 0 Å². The van der Waals surface area contributed by atoms with E-state index in [-0.39, 0.29) is 0 Å². The molecule has 1 N–H and O–H groups in total. The van der Waals surface area contributed by atoms with Crippen LogP contribution in [0.15, 0.2) is 0 Å². The predicted octanol–water partition coefficient (Wildman–Crippen LogP) is 2.50. The molecule has 2 rings (SSSR count). The highest BCUT2D eigenvalue weighted by Crippen LogP contribution is 2.35. The van der Waals surface area contributed by atoms with Crippen molar-refractivity contribution in [2.45, 2.75) is 52.5 Å². The summed E-state index contributed by atoms with van der Waals surface area (Å²) in [5, 5.41) is 3.53. The average molecular weight is 224 g/mol. The fraction of sp³-hybridized carbons (Fsp3) is 1.00. The van der Waals surface area contributed by atoms with Gasteiger partial charge >= 0.3 is 0 Å². The van der Waals surface area contributed by atoms with E-state index in [0.29, 0.717) is 5.41 Å². The monoisotopic (exact) mass is 224 g/mol. The molecule has 1 atom stereocenters. The van der Waals surface area contributed by atoms with Crippen molar-refractivity contribution >= 4 is 0 Å². The molecule has 2 heteroatoms. The Balaban J connectivity index is 1.80. The molecule has 0 radical (unpaired) electrons. The second kappa shape index (κ2) is 5.05. The highest BCUT2D eigenvalue weighted by molar-refractivity contribution is 4.85. The van der Waals surface area contributed by atoms with Gasteiger partial charge in [0.25, 0.3) is 0 Å². The second-order valence-electron chi connectivity index (χ2n) is 6.68. The van der Waals surface area contributed by atoms with Crippen LogP contribution in [0.3, 0.4) is 0 Å². The van der Waals surface area contributed by atoms with Gasteiger partial charge in [-0.3, -0.25) is 4.90 Å². The molecule has 94 valence electrons.